The first-order valence-corrected chi connectivity index (χ1v) is 4.15. The maximum absolute atomic E-state index is 11.1. The first kappa shape index (κ1) is 14.9. The number of rotatable bonds is 5. The lowest BCUT2D eigenvalue weighted by Gasteiger charge is -2.05. The molecule has 0 aromatic heterocycles. The van der Waals surface area contributed by atoms with Gasteiger partial charge in [0.2, 0.25) is 11.8 Å². The Hall–Kier alpha value is -0.610. The molecular formula is C8H16ClNO3. The first-order chi connectivity index (χ1) is 5.63. The number of ether oxygens (including phenoxy) is 1. The Morgan fingerprint density at radius 1 is 1.38 bits per heavy atom. The van der Waals surface area contributed by atoms with Crippen LogP contribution >= 0.6 is 0 Å². The topological polar surface area (TPSA) is 71.0 Å². The highest BCUT2D eigenvalue weighted by Crippen LogP contribution is 1.94. The van der Waals surface area contributed by atoms with Crippen LogP contribution in [0.5, 0.6) is 0 Å². The summed E-state index contributed by atoms with van der Waals surface area (Å²) in [5.74, 6) is -0.660. The van der Waals surface area contributed by atoms with E-state index in [1.54, 1.807) is 6.92 Å². The highest BCUT2D eigenvalue weighted by atomic mass is 35.5. The minimum Gasteiger partial charge on any atom is -1.00 e. The number of ketones is 1. The van der Waals surface area contributed by atoms with Gasteiger partial charge >= 0.3 is 5.97 Å². The van der Waals surface area contributed by atoms with E-state index in [0.717, 1.165) is 6.42 Å². The van der Waals surface area contributed by atoms with Crippen molar-refractivity contribution in [3.8, 4) is 0 Å². The van der Waals surface area contributed by atoms with Crippen LogP contribution in [0, 0.1) is 0 Å². The molecule has 0 heterocycles. The molecule has 0 spiro atoms. The average Bonchev–Trinajstić information content (AvgIpc) is 2.04. The quantitative estimate of drug-likeness (QED) is 0.378. The van der Waals surface area contributed by atoms with Gasteiger partial charge in [-0.15, -0.1) is 0 Å². The minimum atomic E-state index is -0.843. The second-order valence-electron chi connectivity index (χ2n) is 2.52. The first-order valence-electron chi connectivity index (χ1n) is 4.15. The third-order valence-electron chi connectivity index (χ3n) is 1.46. The fraction of sp³-hybridized carbons (Fsp3) is 0.750. The average molecular weight is 210 g/mol. The number of carbonyl (C=O) groups is 2. The lowest BCUT2D eigenvalue weighted by molar-refractivity contribution is -0.393. The molecule has 0 aliphatic rings. The molecule has 0 rings (SSSR count). The second kappa shape index (κ2) is 8.01. The molecule has 0 aliphatic carbocycles. The van der Waals surface area contributed by atoms with E-state index in [1.165, 1.54) is 0 Å². The molecule has 0 radical (unpaired) electrons. The summed E-state index contributed by atoms with van der Waals surface area (Å²) >= 11 is 0. The Bertz CT molecular complexity index is 155. The highest BCUT2D eigenvalue weighted by molar-refractivity contribution is 6.01. The molecule has 0 aliphatic heterocycles. The molecule has 78 valence electrons. The molecule has 0 aromatic rings. The van der Waals surface area contributed by atoms with Gasteiger partial charge in [-0.05, 0) is 13.3 Å². The van der Waals surface area contributed by atoms with Crippen molar-refractivity contribution in [2.45, 2.75) is 32.7 Å². The molecule has 3 N–H and O–H groups in total. The Kier molecular flexibility index (Phi) is 9.17. The molecule has 5 heteroatoms. The maximum Gasteiger partial charge on any atom is 0.372 e. The summed E-state index contributed by atoms with van der Waals surface area (Å²) in [6, 6.07) is -0.843. The molecule has 0 saturated heterocycles. The lowest BCUT2D eigenvalue weighted by atomic mass is 10.1. The molecular weight excluding hydrogens is 194 g/mol. The molecule has 4 nitrogen and oxygen atoms in total. The molecule has 0 bridgehead atoms. The highest BCUT2D eigenvalue weighted by Gasteiger charge is 2.25. The number of halogens is 1. The summed E-state index contributed by atoms with van der Waals surface area (Å²) in [5.41, 5.74) is 3.45. The SMILES string of the molecule is CCCC(=O)C([NH3+])C(=O)OCC.[Cl-]. The van der Waals surface area contributed by atoms with Crippen molar-refractivity contribution in [1.29, 1.82) is 0 Å². The number of Topliss-reactive ketones (excluding diaryl/α,β-unsaturated/α-hetero) is 1. The molecule has 0 amide bonds. The van der Waals surface area contributed by atoms with Gasteiger partial charge in [0.15, 0.2) is 0 Å². The van der Waals surface area contributed by atoms with Crippen LogP contribution in [0.15, 0.2) is 0 Å². The van der Waals surface area contributed by atoms with Crippen LogP contribution in [0.4, 0.5) is 0 Å². The van der Waals surface area contributed by atoms with Gasteiger partial charge in [0, 0.05) is 6.42 Å². The van der Waals surface area contributed by atoms with Gasteiger partial charge in [-0.1, -0.05) is 6.92 Å². The van der Waals surface area contributed by atoms with Gasteiger partial charge in [-0.2, -0.15) is 0 Å². The molecule has 1 unspecified atom stereocenters. The van der Waals surface area contributed by atoms with Crippen molar-refractivity contribution in [1.82, 2.24) is 0 Å². The van der Waals surface area contributed by atoms with E-state index < -0.39 is 12.0 Å². The predicted molar refractivity (Wildman–Crippen MR) is 43.2 cm³/mol. The van der Waals surface area contributed by atoms with Crippen LogP contribution in [-0.4, -0.2) is 24.4 Å². The van der Waals surface area contributed by atoms with Gasteiger partial charge in [0.05, 0.1) is 6.61 Å². The van der Waals surface area contributed by atoms with Crippen LogP contribution in [0.2, 0.25) is 0 Å². The summed E-state index contributed by atoms with van der Waals surface area (Å²) in [6.07, 6.45) is 1.14. The van der Waals surface area contributed by atoms with Crippen molar-refractivity contribution in [3.63, 3.8) is 0 Å². The molecule has 0 fully saturated rings. The van der Waals surface area contributed by atoms with E-state index in [0.29, 0.717) is 13.0 Å². The van der Waals surface area contributed by atoms with Gasteiger partial charge in [-0.3, -0.25) is 4.79 Å². The standard InChI is InChI=1S/C8H15NO3.ClH/c1-3-5-6(10)7(9)8(11)12-4-2;/h7H,3-5,9H2,1-2H3;1H. The summed E-state index contributed by atoms with van der Waals surface area (Å²) in [5, 5.41) is 0. The molecule has 0 saturated carbocycles. The van der Waals surface area contributed by atoms with Gasteiger partial charge in [0.25, 0.3) is 0 Å². The van der Waals surface area contributed by atoms with Crippen LogP contribution < -0.4 is 18.1 Å². The van der Waals surface area contributed by atoms with Crippen LogP contribution in [0.3, 0.4) is 0 Å². The smallest absolute Gasteiger partial charge is 0.372 e. The fourth-order valence-corrected chi connectivity index (χ4v) is 0.795. The van der Waals surface area contributed by atoms with Crippen molar-refractivity contribution in [3.05, 3.63) is 0 Å². The van der Waals surface area contributed by atoms with E-state index in [9.17, 15) is 9.59 Å². The Balaban J connectivity index is 0. The van der Waals surface area contributed by atoms with E-state index in [-0.39, 0.29) is 18.2 Å². The zero-order valence-electron chi connectivity index (χ0n) is 8.01. The molecule has 13 heavy (non-hydrogen) atoms. The van der Waals surface area contributed by atoms with E-state index >= 15 is 0 Å². The van der Waals surface area contributed by atoms with Crippen molar-refractivity contribution < 1.29 is 32.5 Å². The second-order valence-corrected chi connectivity index (χ2v) is 2.52. The summed E-state index contributed by atoms with van der Waals surface area (Å²) in [7, 11) is 0. The number of hydrogen-bond donors (Lipinski definition) is 1. The van der Waals surface area contributed by atoms with E-state index in [4.69, 9.17) is 0 Å². The Morgan fingerprint density at radius 3 is 2.31 bits per heavy atom. The molecule has 1 atom stereocenters. The zero-order chi connectivity index (χ0) is 9.56. The minimum absolute atomic E-state index is 0. The number of quaternary nitrogens is 1. The maximum atomic E-state index is 11.1. The lowest BCUT2D eigenvalue weighted by Crippen LogP contribution is -3.00. The Morgan fingerprint density at radius 2 is 1.92 bits per heavy atom. The molecule has 0 aromatic carbocycles. The van der Waals surface area contributed by atoms with Crippen LogP contribution in [-0.2, 0) is 14.3 Å². The zero-order valence-corrected chi connectivity index (χ0v) is 8.76. The monoisotopic (exact) mass is 209 g/mol. The summed E-state index contributed by atoms with van der Waals surface area (Å²) < 4.78 is 4.65. The van der Waals surface area contributed by atoms with Crippen molar-refractivity contribution in [2.75, 3.05) is 6.61 Å². The Labute approximate surface area is 84.2 Å². The number of esters is 1. The third kappa shape index (κ3) is 5.60. The predicted octanol–water partition coefficient (Wildman–Crippen LogP) is -3.47. The normalized spacial score (nSPS) is 11.3. The van der Waals surface area contributed by atoms with Gasteiger partial charge < -0.3 is 22.9 Å². The fourth-order valence-electron chi connectivity index (χ4n) is 0.795. The number of hydrogen-bond acceptors (Lipinski definition) is 3. The van der Waals surface area contributed by atoms with Crippen LogP contribution in [0.25, 0.3) is 0 Å². The van der Waals surface area contributed by atoms with E-state index in [2.05, 4.69) is 10.5 Å². The largest absolute Gasteiger partial charge is 1.00 e. The summed E-state index contributed by atoms with van der Waals surface area (Å²) in [6.45, 7) is 3.88. The van der Waals surface area contributed by atoms with Crippen molar-refractivity contribution in [2.24, 2.45) is 0 Å². The van der Waals surface area contributed by atoms with Gasteiger partial charge in [0.1, 0.15) is 0 Å². The van der Waals surface area contributed by atoms with Crippen LogP contribution in [0.1, 0.15) is 26.7 Å². The van der Waals surface area contributed by atoms with E-state index in [1.807, 2.05) is 6.92 Å². The third-order valence-corrected chi connectivity index (χ3v) is 1.46. The summed E-state index contributed by atoms with van der Waals surface area (Å²) in [4.78, 5) is 22.0. The van der Waals surface area contributed by atoms with Gasteiger partial charge in [-0.25, -0.2) is 4.79 Å². The number of carbonyl (C=O) groups excluding carboxylic acids is 2. The van der Waals surface area contributed by atoms with Crippen molar-refractivity contribution >= 4 is 11.8 Å².